The van der Waals surface area contributed by atoms with E-state index in [4.69, 9.17) is 24.1 Å². The van der Waals surface area contributed by atoms with Crippen LogP contribution in [0.1, 0.15) is 35.8 Å². The molecule has 1 fully saturated rings. The number of aliphatic hydroxyl groups is 2. The van der Waals surface area contributed by atoms with E-state index in [1.54, 1.807) is 19.2 Å². The minimum atomic E-state index is -0.978. The number of benzene rings is 2. The highest BCUT2D eigenvalue weighted by molar-refractivity contribution is 5.76. The number of aliphatic hydroxyl groups excluding tert-OH is 2. The molecule has 0 spiro atoms. The molecule has 7 heteroatoms. The largest absolute Gasteiger partial charge is 0.496 e. The van der Waals surface area contributed by atoms with Gasteiger partial charge in [-0.2, -0.15) is 0 Å². The minimum Gasteiger partial charge on any atom is -0.496 e. The third-order valence-electron chi connectivity index (χ3n) is 6.20. The Kier molecular flexibility index (Phi) is 6.34. The van der Waals surface area contributed by atoms with Crippen molar-refractivity contribution in [3.05, 3.63) is 53.6 Å². The third kappa shape index (κ3) is 3.83. The van der Waals surface area contributed by atoms with Crippen LogP contribution in [0.3, 0.4) is 0 Å². The van der Waals surface area contributed by atoms with Crippen molar-refractivity contribution in [2.75, 3.05) is 27.4 Å². The van der Waals surface area contributed by atoms with Gasteiger partial charge in [-0.25, -0.2) is 0 Å². The Bertz CT molecular complexity index is 914. The van der Waals surface area contributed by atoms with Gasteiger partial charge in [0, 0.05) is 30.2 Å². The van der Waals surface area contributed by atoms with Gasteiger partial charge >= 0.3 is 5.97 Å². The number of hydrogen-bond acceptors (Lipinski definition) is 7. The quantitative estimate of drug-likeness (QED) is 0.493. The molecule has 166 valence electrons. The summed E-state index contributed by atoms with van der Waals surface area (Å²) in [6, 6.07) is 13.2. The first kappa shape index (κ1) is 21.5. The molecule has 2 aliphatic rings. The molecule has 0 amide bonds. The predicted octanol–water partition coefficient (Wildman–Crippen LogP) is 2.64. The van der Waals surface area contributed by atoms with Crippen LogP contribution in [0.5, 0.6) is 17.2 Å². The Morgan fingerprint density at radius 2 is 1.87 bits per heavy atom. The lowest BCUT2D eigenvalue weighted by Gasteiger charge is -2.24. The summed E-state index contributed by atoms with van der Waals surface area (Å²) in [6.45, 7) is 0.596. The molecule has 7 nitrogen and oxygen atoms in total. The van der Waals surface area contributed by atoms with Gasteiger partial charge < -0.3 is 29.2 Å². The summed E-state index contributed by atoms with van der Waals surface area (Å²) in [6.07, 6.45) is -0.00983. The highest BCUT2D eigenvalue weighted by atomic mass is 16.5. The van der Waals surface area contributed by atoms with E-state index < -0.39 is 30.0 Å². The molecule has 0 radical (unpaired) electrons. The van der Waals surface area contributed by atoms with Crippen molar-refractivity contribution in [1.29, 1.82) is 0 Å². The molecule has 2 N–H and O–H groups in total. The molecule has 4 unspecified atom stereocenters. The number of ether oxygens (including phenoxy) is 4. The second kappa shape index (κ2) is 9.16. The van der Waals surface area contributed by atoms with Crippen molar-refractivity contribution in [3.63, 3.8) is 0 Å². The topological polar surface area (TPSA) is 94.5 Å². The molecule has 31 heavy (non-hydrogen) atoms. The molecule has 2 aromatic rings. The molecule has 1 aliphatic heterocycles. The number of carbonyl (C=O) groups excluding carboxylic acids is 1. The Morgan fingerprint density at radius 3 is 2.55 bits per heavy atom. The van der Waals surface area contributed by atoms with Gasteiger partial charge in [0.1, 0.15) is 23.4 Å². The summed E-state index contributed by atoms with van der Waals surface area (Å²) >= 11 is 0. The van der Waals surface area contributed by atoms with Crippen LogP contribution in [0.2, 0.25) is 0 Å². The Labute approximate surface area is 181 Å². The second-order valence-electron chi connectivity index (χ2n) is 7.90. The van der Waals surface area contributed by atoms with Gasteiger partial charge in [0.25, 0.3) is 0 Å². The average molecular weight is 428 g/mol. The lowest BCUT2D eigenvalue weighted by atomic mass is 9.87. The zero-order chi connectivity index (χ0) is 22.0. The number of unbranched alkanes of at least 4 members (excludes halogenated alkanes) is 1. The van der Waals surface area contributed by atoms with Gasteiger partial charge in [-0.15, -0.1) is 0 Å². The van der Waals surface area contributed by atoms with E-state index in [1.807, 2.05) is 30.3 Å². The SMILES string of the molecule is COC(=O)C1C(O)C2c3c(OC)cc(OCCCCO)cc3OC2[C@@H]1c1ccccc1. The maximum absolute atomic E-state index is 12.6. The van der Waals surface area contributed by atoms with E-state index >= 15 is 0 Å². The van der Waals surface area contributed by atoms with Crippen LogP contribution in [0, 0.1) is 5.92 Å². The van der Waals surface area contributed by atoms with Crippen molar-refractivity contribution in [2.45, 2.75) is 36.9 Å². The van der Waals surface area contributed by atoms with Crippen molar-refractivity contribution >= 4 is 5.97 Å². The maximum Gasteiger partial charge on any atom is 0.312 e. The van der Waals surface area contributed by atoms with Gasteiger partial charge in [0.15, 0.2) is 0 Å². The van der Waals surface area contributed by atoms with Crippen LogP contribution in [0.4, 0.5) is 0 Å². The van der Waals surface area contributed by atoms with Crippen molar-refractivity contribution in [2.24, 2.45) is 5.92 Å². The van der Waals surface area contributed by atoms with Crippen LogP contribution in [-0.2, 0) is 9.53 Å². The lowest BCUT2D eigenvalue weighted by molar-refractivity contribution is -0.149. The molecular formula is C24H28O7. The van der Waals surface area contributed by atoms with Gasteiger partial charge in [-0.05, 0) is 18.4 Å². The molecule has 0 saturated heterocycles. The van der Waals surface area contributed by atoms with E-state index in [0.717, 1.165) is 17.5 Å². The monoisotopic (exact) mass is 428 g/mol. The summed E-state index contributed by atoms with van der Waals surface area (Å²) in [7, 11) is 2.90. The molecule has 1 saturated carbocycles. The predicted molar refractivity (Wildman–Crippen MR) is 113 cm³/mol. The number of fused-ring (bicyclic) bond motifs is 3. The lowest BCUT2D eigenvalue weighted by Crippen LogP contribution is -2.31. The van der Waals surface area contributed by atoms with Gasteiger partial charge in [-0.1, -0.05) is 30.3 Å². The summed E-state index contributed by atoms with van der Waals surface area (Å²) in [5.74, 6) is -0.238. The van der Waals surface area contributed by atoms with E-state index in [2.05, 4.69) is 0 Å². The van der Waals surface area contributed by atoms with Crippen molar-refractivity contribution < 1.29 is 34.0 Å². The molecule has 1 aliphatic carbocycles. The first-order valence-corrected chi connectivity index (χ1v) is 10.5. The average Bonchev–Trinajstić information content (AvgIpc) is 3.30. The number of esters is 1. The minimum absolute atomic E-state index is 0.128. The Morgan fingerprint density at radius 1 is 1.10 bits per heavy atom. The van der Waals surface area contributed by atoms with Crippen LogP contribution in [0.15, 0.2) is 42.5 Å². The standard InChI is InChI=1S/C24H28O7/c1-28-16-12-15(30-11-7-6-10-25)13-17-19(16)20-22(26)21(24(27)29-2)18(23(20)31-17)14-8-4-3-5-9-14/h3-5,8-9,12-13,18,20-23,25-26H,6-7,10-11H2,1-2H3/t18-,20?,21?,22?,23?/m1/s1. The Balaban J connectivity index is 1.70. The number of carbonyl (C=O) groups is 1. The molecule has 5 atom stereocenters. The van der Waals surface area contributed by atoms with E-state index in [9.17, 15) is 9.90 Å². The highest BCUT2D eigenvalue weighted by Gasteiger charge is 2.60. The van der Waals surface area contributed by atoms with Crippen molar-refractivity contribution in [1.82, 2.24) is 0 Å². The fourth-order valence-corrected chi connectivity index (χ4v) is 4.84. The van der Waals surface area contributed by atoms with Gasteiger partial charge in [0.2, 0.25) is 0 Å². The first-order valence-electron chi connectivity index (χ1n) is 10.5. The maximum atomic E-state index is 12.6. The zero-order valence-corrected chi connectivity index (χ0v) is 17.7. The number of methoxy groups -OCH3 is 2. The van der Waals surface area contributed by atoms with Crippen LogP contribution < -0.4 is 14.2 Å². The first-order chi connectivity index (χ1) is 15.1. The molecular weight excluding hydrogens is 400 g/mol. The van der Waals surface area contributed by atoms with Crippen LogP contribution in [0.25, 0.3) is 0 Å². The van der Waals surface area contributed by atoms with Crippen molar-refractivity contribution in [3.8, 4) is 17.2 Å². The Hall–Kier alpha value is -2.77. The molecule has 1 heterocycles. The fraction of sp³-hybridized carbons (Fsp3) is 0.458. The number of rotatable bonds is 8. The van der Waals surface area contributed by atoms with E-state index in [0.29, 0.717) is 30.3 Å². The van der Waals surface area contributed by atoms with E-state index in [-0.39, 0.29) is 12.5 Å². The third-order valence-corrected chi connectivity index (χ3v) is 6.20. The van der Waals surface area contributed by atoms with Gasteiger partial charge in [0.05, 0.1) is 38.8 Å². The van der Waals surface area contributed by atoms with Crippen LogP contribution in [-0.4, -0.2) is 55.8 Å². The zero-order valence-electron chi connectivity index (χ0n) is 17.7. The highest BCUT2D eigenvalue weighted by Crippen LogP contribution is 2.58. The molecule has 2 aromatic carbocycles. The summed E-state index contributed by atoms with van der Waals surface area (Å²) in [4.78, 5) is 12.6. The smallest absolute Gasteiger partial charge is 0.312 e. The molecule has 0 bridgehead atoms. The number of hydrogen-bond donors (Lipinski definition) is 2. The van der Waals surface area contributed by atoms with Gasteiger partial charge in [-0.3, -0.25) is 4.79 Å². The fourth-order valence-electron chi connectivity index (χ4n) is 4.84. The summed E-state index contributed by atoms with van der Waals surface area (Å²) < 4.78 is 22.8. The normalized spacial score (nSPS) is 26.0. The summed E-state index contributed by atoms with van der Waals surface area (Å²) in [5.41, 5.74) is 1.66. The molecule has 0 aromatic heterocycles. The summed E-state index contributed by atoms with van der Waals surface area (Å²) in [5, 5.41) is 20.2. The van der Waals surface area contributed by atoms with Crippen LogP contribution >= 0.6 is 0 Å². The molecule has 4 rings (SSSR count). The van der Waals surface area contributed by atoms with E-state index in [1.165, 1.54) is 7.11 Å². The second-order valence-corrected chi connectivity index (χ2v) is 7.90.